The van der Waals surface area contributed by atoms with Crippen LogP contribution in [0.15, 0.2) is 54.9 Å². The Kier molecular flexibility index (Phi) is 13.4. The third-order valence-corrected chi connectivity index (χ3v) is 9.46. The van der Waals surface area contributed by atoms with Gasteiger partial charge in [0, 0.05) is 44.2 Å². The molecule has 17 heteroatoms. The Labute approximate surface area is 285 Å². The van der Waals surface area contributed by atoms with E-state index in [1.807, 2.05) is 0 Å². The highest BCUT2D eigenvalue weighted by molar-refractivity contribution is 7.88. The molecule has 2 heterocycles. The lowest BCUT2D eigenvalue weighted by Crippen LogP contribution is -2.55. The molecule has 1 aromatic heterocycles. The van der Waals surface area contributed by atoms with E-state index in [4.69, 9.17) is 22.1 Å². The van der Waals surface area contributed by atoms with Gasteiger partial charge in [-0.15, -0.1) is 5.10 Å². The molecule has 1 aliphatic rings. The molecule has 1 aliphatic heterocycles. The molecule has 2 aromatic carbocycles. The van der Waals surface area contributed by atoms with Gasteiger partial charge in [-0.3, -0.25) is 14.4 Å². The number of carbonyl (C=O) groups excluding carboxylic acids is 3. The fourth-order valence-electron chi connectivity index (χ4n) is 5.40. The van der Waals surface area contributed by atoms with Gasteiger partial charge in [-0.1, -0.05) is 41.9 Å². The Morgan fingerprint density at radius 3 is 2.52 bits per heavy atom. The van der Waals surface area contributed by atoms with Gasteiger partial charge in [0.25, 0.3) is 0 Å². The normalized spacial score (nSPS) is 15.4. The standard InChI is InChI=1S/C31H42ClN9O6S/c1-22(33)17-28(30(43)34-19-24-18-25(32)11-12-27(24)41-21-35-37-38-41)39(2)31(44)26(9-6-10-29(42)40-13-15-47-16-14-40)36-48(45,46)20-23-7-4-3-5-8-23/h3-5,7-8,11-12,18,21-22,26,28,36H,6,9-10,13-17,19-20,33H2,1-2H3,(H,34,43). The molecule has 1 saturated heterocycles. The van der Waals surface area contributed by atoms with E-state index in [0.29, 0.717) is 48.1 Å². The van der Waals surface area contributed by atoms with Gasteiger partial charge in [-0.2, -0.15) is 0 Å². The Hall–Kier alpha value is -3.96. The average Bonchev–Trinajstić information content (AvgIpc) is 3.60. The second-order valence-electron chi connectivity index (χ2n) is 11.7. The summed E-state index contributed by atoms with van der Waals surface area (Å²) in [6.45, 7) is 3.61. The lowest BCUT2D eigenvalue weighted by atomic mass is 10.0. The summed E-state index contributed by atoms with van der Waals surface area (Å²) in [4.78, 5) is 43.4. The second kappa shape index (κ2) is 17.4. The first kappa shape index (κ1) is 36.9. The number of aromatic nitrogens is 4. The van der Waals surface area contributed by atoms with Gasteiger partial charge in [0.15, 0.2) is 0 Å². The SMILES string of the molecule is CC(N)CC(C(=O)NCc1cc(Cl)ccc1-n1cnnn1)N(C)C(=O)C(CCCC(=O)N1CCOCC1)NS(=O)(=O)Cc1ccccc1. The molecule has 260 valence electrons. The number of sulfonamides is 1. The number of tetrazole rings is 1. The number of rotatable bonds is 16. The number of nitrogens with one attached hydrogen (secondary N) is 2. The highest BCUT2D eigenvalue weighted by Crippen LogP contribution is 2.20. The Morgan fingerprint density at radius 1 is 1.12 bits per heavy atom. The van der Waals surface area contributed by atoms with Crippen LogP contribution >= 0.6 is 11.6 Å². The van der Waals surface area contributed by atoms with Crippen LogP contribution in [0, 0.1) is 0 Å². The van der Waals surface area contributed by atoms with Gasteiger partial charge in [-0.25, -0.2) is 17.8 Å². The number of halogens is 1. The number of hydrogen-bond acceptors (Lipinski definition) is 10. The minimum atomic E-state index is -3.99. The molecule has 48 heavy (non-hydrogen) atoms. The number of carbonyl (C=O) groups is 3. The van der Waals surface area contributed by atoms with E-state index in [2.05, 4.69) is 25.6 Å². The van der Waals surface area contributed by atoms with Crippen LogP contribution < -0.4 is 15.8 Å². The van der Waals surface area contributed by atoms with Crippen LogP contribution in [0.4, 0.5) is 0 Å². The largest absolute Gasteiger partial charge is 0.378 e. The van der Waals surface area contributed by atoms with Crippen molar-refractivity contribution >= 4 is 39.3 Å². The maximum Gasteiger partial charge on any atom is 0.243 e. The molecular formula is C31H42ClN9O6S. The van der Waals surface area contributed by atoms with Gasteiger partial charge in [0.1, 0.15) is 18.4 Å². The van der Waals surface area contributed by atoms with Crippen molar-refractivity contribution in [2.75, 3.05) is 33.4 Å². The van der Waals surface area contributed by atoms with Crippen LogP contribution in [0.3, 0.4) is 0 Å². The summed E-state index contributed by atoms with van der Waals surface area (Å²) in [7, 11) is -2.55. The molecule has 1 fully saturated rings. The first-order valence-electron chi connectivity index (χ1n) is 15.6. The monoisotopic (exact) mass is 703 g/mol. The van der Waals surface area contributed by atoms with E-state index in [1.54, 1.807) is 60.4 Å². The Balaban J connectivity index is 1.50. The molecule has 0 bridgehead atoms. The van der Waals surface area contributed by atoms with Crippen molar-refractivity contribution in [2.24, 2.45) is 5.73 Å². The summed E-state index contributed by atoms with van der Waals surface area (Å²) < 4.78 is 35.9. The number of likely N-dealkylation sites (N-methyl/N-ethyl adjacent to an activating group) is 1. The summed E-state index contributed by atoms with van der Waals surface area (Å²) in [6, 6.07) is 10.9. The van der Waals surface area contributed by atoms with E-state index in [9.17, 15) is 22.8 Å². The molecule has 15 nitrogen and oxygen atoms in total. The number of morpholine rings is 1. The van der Waals surface area contributed by atoms with Gasteiger partial charge in [0.05, 0.1) is 24.7 Å². The predicted molar refractivity (Wildman–Crippen MR) is 178 cm³/mol. The van der Waals surface area contributed by atoms with E-state index in [0.717, 1.165) is 0 Å². The van der Waals surface area contributed by atoms with Gasteiger partial charge < -0.3 is 25.6 Å². The molecule has 0 spiro atoms. The summed E-state index contributed by atoms with van der Waals surface area (Å²) in [6.07, 6.45) is 1.92. The third-order valence-electron chi connectivity index (χ3n) is 7.87. The summed E-state index contributed by atoms with van der Waals surface area (Å²) in [5.41, 5.74) is 7.87. The summed E-state index contributed by atoms with van der Waals surface area (Å²) in [5.74, 6) is -1.56. The quantitative estimate of drug-likeness (QED) is 0.194. The molecule has 0 aliphatic carbocycles. The van der Waals surface area contributed by atoms with Crippen molar-refractivity contribution in [3.8, 4) is 5.69 Å². The van der Waals surface area contributed by atoms with E-state index < -0.39 is 40.0 Å². The molecule has 0 radical (unpaired) electrons. The van der Waals surface area contributed by atoms with E-state index in [-0.39, 0.29) is 43.9 Å². The predicted octanol–water partition coefficient (Wildman–Crippen LogP) is 1.01. The van der Waals surface area contributed by atoms with Crippen LogP contribution in [0.25, 0.3) is 5.69 Å². The summed E-state index contributed by atoms with van der Waals surface area (Å²) in [5, 5.41) is 14.5. The van der Waals surface area contributed by atoms with Gasteiger partial charge in [0.2, 0.25) is 27.7 Å². The fourth-order valence-corrected chi connectivity index (χ4v) is 6.96. The van der Waals surface area contributed by atoms with Gasteiger partial charge >= 0.3 is 0 Å². The fraction of sp³-hybridized carbons (Fsp3) is 0.484. The molecule has 3 amide bonds. The third kappa shape index (κ3) is 10.8. The molecule has 4 N–H and O–H groups in total. The van der Waals surface area contributed by atoms with E-state index >= 15 is 0 Å². The van der Waals surface area contributed by atoms with Crippen LogP contribution in [0.1, 0.15) is 43.7 Å². The molecule has 3 unspecified atom stereocenters. The molecular weight excluding hydrogens is 662 g/mol. The van der Waals surface area contributed by atoms with Crippen LogP contribution in [-0.2, 0) is 41.4 Å². The molecule has 4 rings (SSSR count). The zero-order valence-electron chi connectivity index (χ0n) is 27.0. The number of nitrogens with two attached hydrogens (primary N) is 1. The maximum absolute atomic E-state index is 14.0. The topological polar surface area (TPSA) is 195 Å². The van der Waals surface area contributed by atoms with Crippen molar-refractivity contribution < 1.29 is 27.5 Å². The highest BCUT2D eigenvalue weighted by Gasteiger charge is 2.34. The molecule has 3 atom stereocenters. The van der Waals surface area contributed by atoms with Crippen LogP contribution in [0.5, 0.6) is 0 Å². The number of benzene rings is 2. The van der Waals surface area contributed by atoms with Crippen molar-refractivity contribution in [3.63, 3.8) is 0 Å². The first-order valence-corrected chi connectivity index (χ1v) is 17.7. The number of ether oxygens (including phenoxy) is 1. The smallest absolute Gasteiger partial charge is 0.243 e. The summed E-state index contributed by atoms with van der Waals surface area (Å²) >= 11 is 6.23. The maximum atomic E-state index is 14.0. The zero-order chi connectivity index (χ0) is 34.7. The zero-order valence-corrected chi connectivity index (χ0v) is 28.6. The van der Waals surface area contributed by atoms with Crippen molar-refractivity contribution in [1.82, 2.24) is 40.0 Å². The minimum absolute atomic E-state index is 0.0306. The van der Waals surface area contributed by atoms with E-state index in [1.165, 1.54) is 23.0 Å². The Morgan fingerprint density at radius 2 is 1.85 bits per heavy atom. The van der Waals surface area contributed by atoms with Crippen molar-refractivity contribution in [1.29, 1.82) is 0 Å². The number of nitrogens with zero attached hydrogens (tertiary/aromatic N) is 6. The minimum Gasteiger partial charge on any atom is -0.378 e. The van der Waals surface area contributed by atoms with Crippen molar-refractivity contribution in [3.05, 3.63) is 71.0 Å². The molecule has 3 aromatic rings. The first-order chi connectivity index (χ1) is 22.9. The van der Waals surface area contributed by atoms with Gasteiger partial charge in [-0.05, 0) is 65.9 Å². The Bertz CT molecular complexity index is 1620. The molecule has 0 saturated carbocycles. The van der Waals surface area contributed by atoms with Crippen LogP contribution in [-0.4, -0.2) is 108 Å². The van der Waals surface area contributed by atoms with Crippen LogP contribution in [0.2, 0.25) is 5.02 Å². The van der Waals surface area contributed by atoms with Crippen molar-refractivity contribution in [2.45, 2.75) is 63.0 Å². The average molecular weight is 704 g/mol. The number of hydrogen-bond donors (Lipinski definition) is 3. The second-order valence-corrected chi connectivity index (χ2v) is 13.9. The lowest BCUT2D eigenvalue weighted by Gasteiger charge is -2.32. The number of amides is 3. The highest BCUT2D eigenvalue weighted by atomic mass is 35.5. The lowest BCUT2D eigenvalue weighted by molar-refractivity contribution is -0.141.